The van der Waals surface area contributed by atoms with Crippen LogP contribution >= 0.6 is 11.3 Å². The van der Waals surface area contributed by atoms with Crippen molar-refractivity contribution >= 4 is 34.3 Å². The number of thiophene rings is 1. The molecule has 1 amide bonds. The lowest BCUT2D eigenvalue weighted by Gasteiger charge is -2.10. The summed E-state index contributed by atoms with van der Waals surface area (Å²) in [5.41, 5.74) is 0.467. The predicted octanol–water partition coefficient (Wildman–Crippen LogP) is 3.41. The zero-order valence-corrected chi connectivity index (χ0v) is 13.1. The van der Waals surface area contributed by atoms with E-state index in [9.17, 15) is 9.59 Å². The van der Waals surface area contributed by atoms with E-state index < -0.39 is 0 Å². The molecule has 0 bridgehead atoms. The maximum absolute atomic E-state index is 11.9. The van der Waals surface area contributed by atoms with Gasteiger partial charge < -0.3 is 10.1 Å². The standard InChI is InChI=1S/C18H15NO3S/c20-11-16-15-6-2-1-4-13(15)7-8-17(16)22-12-18(21)19-10-14-5-3-9-23-14/h1-9,11H,10,12H2,(H,19,21). The van der Waals surface area contributed by atoms with Crippen LogP contribution in [0, 0.1) is 0 Å². The predicted molar refractivity (Wildman–Crippen MR) is 91.0 cm³/mol. The maximum atomic E-state index is 11.9. The quantitative estimate of drug-likeness (QED) is 0.707. The molecule has 5 heteroatoms. The van der Waals surface area contributed by atoms with E-state index in [4.69, 9.17) is 4.74 Å². The molecule has 0 spiro atoms. The van der Waals surface area contributed by atoms with Gasteiger partial charge in [-0.15, -0.1) is 11.3 Å². The van der Waals surface area contributed by atoms with Crippen LogP contribution < -0.4 is 10.1 Å². The summed E-state index contributed by atoms with van der Waals surface area (Å²) in [5, 5.41) is 6.53. The summed E-state index contributed by atoms with van der Waals surface area (Å²) < 4.78 is 5.53. The van der Waals surface area contributed by atoms with Crippen molar-refractivity contribution in [3.05, 3.63) is 64.4 Å². The largest absolute Gasteiger partial charge is 0.483 e. The number of rotatable bonds is 6. The molecule has 0 atom stereocenters. The normalized spacial score (nSPS) is 10.4. The van der Waals surface area contributed by atoms with Crippen LogP contribution in [0.4, 0.5) is 0 Å². The molecule has 2 aromatic carbocycles. The van der Waals surface area contributed by atoms with Gasteiger partial charge in [0.05, 0.1) is 12.1 Å². The highest BCUT2D eigenvalue weighted by Crippen LogP contribution is 2.26. The molecule has 0 unspecified atom stereocenters. The third kappa shape index (κ3) is 3.57. The minimum absolute atomic E-state index is 0.120. The van der Waals surface area contributed by atoms with E-state index in [2.05, 4.69) is 5.32 Å². The highest BCUT2D eigenvalue weighted by molar-refractivity contribution is 7.09. The van der Waals surface area contributed by atoms with Crippen molar-refractivity contribution < 1.29 is 14.3 Å². The zero-order valence-electron chi connectivity index (χ0n) is 12.3. The van der Waals surface area contributed by atoms with Gasteiger partial charge in [-0.25, -0.2) is 0 Å². The highest BCUT2D eigenvalue weighted by atomic mass is 32.1. The average Bonchev–Trinajstić information content (AvgIpc) is 3.11. The summed E-state index contributed by atoms with van der Waals surface area (Å²) in [6, 6.07) is 15.1. The van der Waals surface area contributed by atoms with Crippen LogP contribution in [-0.4, -0.2) is 18.8 Å². The second-order valence-electron chi connectivity index (χ2n) is 4.96. The lowest BCUT2D eigenvalue weighted by Crippen LogP contribution is -2.28. The Hall–Kier alpha value is -2.66. The van der Waals surface area contributed by atoms with E-state index in [1.54, 1.807) is 17.4 Å². The molecule has 0 saturated heterocycles. The van der Waals surface area contributed by atoms with Crippen molar-refractivity contribution in [3.8, 4) is 5.75 Å². The molecular formula is C18H15NO3S. The number of carbonyl (C=O) groups excluding carboxylic acids is 2. The van der Waals surface area contributed by atoms with E-state index >= 15 is 0 Å². The molecule has 0 fully saturated rings. The molecule has 1 heterocycles. The van der Waals surface area contributed by atoms with Crippen LogP contribution in [0.1, 0.15) is 15.2 Å². The first kappa shape index (κ1) is 15.2. The van der Waals surface area contributed by atoms with Crippen molar-refractivity contribution in [2.45, 2.75) is 6.54 Å². The Bertz CT molecular complexity index is 827. The Morgan fingerprint density at radius 1 is 1.13 bits per heavy atom. The molecular weight excluding hydrogens is 310 g/mol. The van der Waals surface area contributed by atoms with Crippen LogP contribution in [0.5, 0.6) is 5.75 Å². The summed E-state index contributed by atoms with van der Waals surface area (Å²) >= 11 is 1.58. The maximum Gasteiger partial charge on any atom is 0.258 e. The lowest BCUT2D eigenvalue weighted by atomic mass is 10.0. The molecule has 3 rings (SSSR count). The molecule has 3 aromatic rings. The number of carbonyl (C=O) groups is 2. The highest BCUT2D eigenvalue weighted by Gasteiger charge is 2.10. The lowest BCUT2D eigenvalue weighted by molar-refractivity contribution is -0.123. The van der Waals surface area contributed by atoms with E-state index in [1.807, 2.05) is 47.8 Å². The van der Waals surface area contributed by atoms with Crippen molar-refractivity contribution in [1.29, 1.82) is 0 Å². The fourth-order valence-electron chi connectivity index (χ4n) is 2.32. The summed E-state index contributed by atoms with van der Waals surface area (Å²) in [6.07, 6.45) is 0.765. The SMILES string of the molecule is O=Cc1c(OCC(=O)NCc2cccs2)ccc2ccccc12. The second-order valence-corrected chi connectivity index (χ2v) is 5.99. The topological polar surface area (TPSA) is 55.4 Å². The molecule has 0 saturated carbocycles. The fourth-order valence-corrected chi connectivity index (χ4v) is 2.96. The van der Waals surface area contributed by atoms with E-state index in [1.165, 1.54) is 0 Å². The smallest absolute Gasteiger partial charge is 0.258 e. The molecule has 0 radical (unpaired) electrons. The molecule has 4 nitrogen and oxygen atoms in total. The Kier molecular flexibility index (Phi) is 4.68. The van der Waals surface area contributed by atoms with E-state index in [0.29, 0.717) is 17.9 Å². The van der Waals surface area contributed by atoms with Gasteiger partial charge in [-0.3, -0.25) is 9.59 Å². The molecule has 1 N–H and O–H groups in total. The molecule has 1 aromatic heterocycles. The van der Waals surface area contributed by atoms with Crippen molar-refractivity contribution in [2.24, 2.45) is 0 Å². The van der Waals surface area contributed by atoms with Gasteiger partial charge in [0.2, 0.25) is 0 Å². The third-order valence-corrected chi connectivity index (χ3v) is 4.32. The first-order chi connectivity index (χ1) is 11.3. The molecule has 23 heavy (non-hydrogen) atoms. The van der Waals surface area contributed by atoms with Crippen molar-refractivity contribution in [3.63, 3.8) is 0 Å². The van der Waals surface area contributed by atoms with Crippen LogP contribution in [0.25, 0.3) is 10.8 Å². The molecule has 0 aliphatic rings. The first-order valence-corrected chi connectivity index (χ1v) is 8.04. The number of fused-ring (bicyclic) bond motifs is 1. The fraction of sp³-hybridized carbons (Fsp3) is 0.111. The Balaban J connectivity index is 1.66. The summed E-state index contributed by atoms with van der Waals surface area (Å²) in [4.78, 5) is 24.3. The van der Waals surface area contributed by atoms with E-state index in [0.717, 1.165) is 21.9 Å². The van der Waals surface area contributed by atoms with Gasteiger partial charge in [0.1, 0.15) is 5.75 Å². The van der Waals surface area contributed by atoms with Crippen molar-refractivity contribution in [1.82, 2.24) is 5.32 Å². The van der Waals surface area contributed by atoms with Gasteiger partial charge in [0, 0.05) is 4.88 Å². The number of hydrogen-bond donors (Lipinski definition) is 1. The second kappa shape index (κ2) is 7.07. The van der Waals surface area contributed by atoms with Gasteiger partial charge >= 0.3 is 0 Å². The van der Waals surface area contributed by atoms with Crippen LogP contribution in [-0.2, 0) is 11.3 Å². The van der Waals surface area contributed by atoms with Crippen molar-refractivity contribution in [2.75, 3.05) is 6.61 Å². The summed E-state index contributed by atoms with van der Waals surface area (Å²) in [6.45, 7) is 0.364. The number of benzene rings is 2. The van der Waals surface area contributed by atoms with Crippen LogP contribution in [0.3, 0.4) is 0 Å². The van der Waals surface area contributed by atoms with Gasteiger partial charge in [-0.05, 0) is 28.3 Å². The third-order valence-electron chi connectivity index (χ3n) is 3.45. The summed E-state index contributed by atoms with van der Waals surface area (Å²) in [7, 11) is 0. The number of hydrogen-bond acceptors (Lipinski definition) is 4. The van der Waals surface area contributed by atoms with Gasteiger partial charge in [-0.1, -0.05) is 36.4 Å². The molecule has 116 valence electrons. The van der Waals surface area contributed by atoms with Gasteiger partial charge in [0.15, 0.2) is 12.9 Å². The average molecular weight is 325 g/mol. The minimum Gasteiger partial charge on any atom is -0.483 e. The number of amides is 1. The van der Waals surface area contributed by atoms with Crippen LogP contribution in [0.15, 0.2) is 53.9 Å². The summed E-state index contributed by atoms with van der Waals surface area (Å²) in [5.74, 6) is 0.202. The number of ether oxygens (including phenoxy) is 1. The van der Waals surface area contributed by atoms with Gasteiger partial charge in [-0.2, -0.15) is 0 Å². The molecule has 0 aliphatic carbocycles. The number of nitrogens with one attached hydrogen (secondary N) is 1. The number of aldehydes is 1. The monoisotopic (exact) mass is 325 g/mol. The zero-order chi connectivity index (χ0) is 16.1. The minimum atomic E-state index is -0.219. The Labute approximate surface area is 137 Å². The Morgan fingerprint density at radius 3 is 2.78 bits per heavy atom. The van der Waals surface area contributed by atoms with E-state index in [-0.39, 0.29) is 12.5 Å². The first-order valence-electron chi connectivity index (χ1n) is 7.17. The van der Waals surface area contributed by atoms with Gasteiger partial charge in [0.25, 0.3) is 5.91 Å². The molecule has 0 aliphatic heterocycles. The van der Waals surface area contributed by atoms with Crippen LogP contribution in [0.2, 0.25) is 0 Å². The Morgan fingerprint density at radius 2 is 2.00 bits per heavy atom.